The van der Waals surface area contributed by atoms with E-state index in [2.05, 4.69) is 22.4 Å². The summed E-state index contributed by atoms with van der Waals surface area (Å²) in [6.07, 6.45) is 0. The van der Waals surface area contributed by atoms with Crippen LogP contribution in [-0.2, 0) is 11.3 Å². The van der Waals surface area contributed by atoms with E-state index in [0.29, 0.717) is 17.1 Å². The lowest BCUT2D eigenvalue weighted by molar-refractivity contribution is 0.564. The quantitative estimate of drug-likeness (QED) is 0.386. The molecule has 26 heavy (non-hydrogen) atoms. The summed E-state index contributed by atoms with van der Waals surface area (Å²) < 4.78 is 23.5. The molecule has 1 N–H and O–H groups in total. The van der Waals surface area contributed by atoms with E-state index < -0.39 is 11.3 Å². The number of hydrogen-bond donors (Lipinski definition) is 1. The van der Waals surface area contributed by atoms with Gasteiger partial charge in [-0.2, -0.15) is 4.99 Å². The van der Waals surface area contributed by atoms with Gasteiger partial charge in [0.1, 0.15) is 0 Å². The van der Waals surface area contributed by atoms with Crippen LogP contribution in [0.2, 0.25) is 0 Å². The molecule has 1 atom stereocenters. The molecule has 0 spiro atoms. The number of benzene rings is 3. The van der Waals surface area contributed by atoms with Crippen LogP contribution < -0.4 is 9.21 Å². The normalized spacial score (nSPS) is 11.7. The fourth-order valence-electron chi connectivity index (χ4n) is 2.87. The van der Waals surface area contributed by atoms with Crippen molar-refractivity contribution < 1.29 is 8.76 Å². The van der Waals surface area contributed by atoms with Crippen LogP contribution in [0.1, 0.15) is 0 Å². The molecule has 0 bridgehead atoms. The van der Waals surface area contributed by atoms with Gasteiger partial charge in [0.25, 0.3) is 11.3 Å². The monoisotopic (exact) mass is 383 g/mol. The van der Waals surface area contributed by atoms with E-state index in [1.807, 2.05) is 55.4 Å². The van der Waals surface area contributed by atoms with E-state index >= 15 is 0 Å². The molecule has 7 heteroatoms. The highest BCUT2D eigenvalue weighted by atomic mass is 32.2. The van der Waals surface area contributed by atoms with Crippen LogP contribution in [0.3, 0.4) is 0 Å². The maximum atomic E-state index is 12.1. The van der Waals surface area contributed by atoms with E-state index in [9.17, 15) is 8.76 Å². The summed E-state index contributed by atoms with van der Waals surface area (Å²) in [4.78, 5) is 5.93. The average molecular weight is 383 g/mol. The van der Waals surface area contributed by atoms with Gasteiger partial charge in [0.05, 0.1) is 22.2 Å². The summed E-state index contributed by atoms with van der Waals surface area (Å²) in [5, 5.41) is 4.21. The minimum Gasteiger partial charge on any atom is -0.377 e. The zero-order valence-corrected chi connectivity index (χ0v) is 15.9. The zero-order chi connectivity index (χ0) is 18.7. The van der Waals surface area contributed by atoms with E-state index in [1.54, 1.807) is 24.3 Å². The summed E-state index contributed by atoms with van der Waals surface area (Å²) in [6, 6.07) is 18.5. The number of thiocarbonyl (C=S) groups is 1. The Balaban J connectivity index is 2.19. The lowest BCUT2D eigenvalue weighted by atomic mass is 10.1. The van der Waals surface area contributed by atoms with E-state index in [4.69, 9.17) is 0 Å². The second-order valence-corrected chi connectivity index (χ2v) is 6.80. The molecule has 0 aliphatic carbocycles. The van der Waals surface area contributed by atoms with Crippen LogP contribution in [-0.4, -0.2) is 28.0 Å². The number of hydrogen-bond acceptors (Lipinski definition) is 4. The Hall–Kier alpha value is -2.57. The predicted molar refractivity (Wildman–Crippen MR) is 112 cm³/mol. The van der Waals surface area contributed by atoms with Crippen molar-refractivity contribution in [3.05, 3.63) is 60.7 Å². The van der Waals surface area contributed by atoms with E-state index in [0.717, 1.165) is 16.5 Å². The average Bonchev–Trinajstić information content (AvgIpc) is 2.63. The van der Waals surface area contributed by atoms with Crippen LogP contribution in [0.15, 0.2) is 65.7 Å². The van der Waals surface area contributed by atoms with Crippen LogP contribution in [0.25, 0.3) is 10.8 Å². The molecular formula is C19H17N3O2S2. The van der Waals surface area contributed by atoms with Gasteiger partial charge < -0.3 is 4.90 Å². The van der Waals surface area contributed by atoms with Gasteiger partial charge in [-0.1, -0.05) is 24.3 Å². The second-order valence-electron chi connectivity index (χ2n) is 5.79. The van der Waals surface area contributed by atoms with E-state index in [-0.39, 0.29) is 0 Å². The third-order valence-electron chi connectivity index (χ3n) is 3.99. The first-order valence-electron chi connectivity index (χ1n) is 7.81. The van der Waals surface area contributed by atoms with Crippen molar-refractivity contribution in [2.24, 2.45) is 4.99 Å². The van der Waals surface area contributed by atoms with Gasteiger partial charge in [-0.15, -0.1) is 0 Å². The lowest BCUT2D eigenvalue weighted by Gasteiger charge is -2.23. The highest BCUT2D eigenvalue weighted by molar-refractivity contribution is 7.81. The number of anilines is 3. The Morgan fingerprint density at radius 1 is 0.962 bits per heavy atom. The molecule has 3 rings (SSSR count). The maximum Gasteiger partial charge on any atom is 0.266 e. The maximum absolute atomic E-state index is 12.1. The van der Waals surface area contributed by atoms with E-state index in [1.165, 1.54) is 4.31 Å². The summed E-state index contributed by atoms with van der Waals surface area (Å²) in [7, 11) is 3.94. The number of isothiocyanates is 1. The molecule has 132 valence electrons. The highest BCUT2D eigenvalue weighted by Gasteiger charge is 2.18. The molecule has 1 unspecified atom stereocenters. The van der Waals surface area contributed by atoms with Gasteiger partial charge in [0, 0.05) is 30.6 Å². The van der Waals surface area contributed by atoms with Gasteiger partial charge in [-0.05, 0) is 48.6 Å². The molecular weight excluding hydrogens is 366 g/mol. The fraction of sp³-hybridized carbons (Fsp3) is 0.105. The lowest BCUT2D eigenvalue weighted by Crippen LogP contribution is -2.19. The minimum absolute atomic E-state index is 0.580. The predicted octanol–water partition coefficient (Wildman–Crippen LogP) is 4.91. The first-order valence-corrected chi connectivity index (χ1v) is 9.28. The molecule has 5 nitrogen and oxygen atoms in total. The molecule has 0 amide bonds. The Kier molecular flexibility index (Phi) is 5.44. The molecule has 3 aromatic carbocycles. The second kappa shape index (κ2) is 7.76. The fourth-order valence-corrected chi connectivity index (χ4v) is 3.61. The smallest absolute Gasteiger partial charge is 0.266 e. The van der Waals surface area contributed by atoms with Crippen molar-refractivity contribution in [3.8, 4) is 0 Å². The van der Waals surface area contributed by atoms with Gasteiger partial charge in [-0.3, -0.25) is 4.55 Å². The van der Waals surface area contributed by atoms with Crippen molar-refractivity contribution in [1.82, 2.24) is 0 Å². The van der Waals surface area contributed by atoms with Gasteiger partial charge in [-0.25, -0.2) is 8.51 Å². The number of rotatable bonds is 5. The summed E-state index contributed by atoms with van der Waals surface area (Å²) in [5.74, 6) is 0. The molecule has 0 heterocycles. The van der Waals surface area contributed by atoms with Crippen molar-refractivity contribution in [2.45, 2.75) is 0 Å². The van der Waals surface area contributed by atoms with Crippen LogP contribution in [0.5, 0.6) is 0 Å². The van der Waals surface area contributed by atoms with Crippen molar-refractivity contribution in [3.63, 3.8) is 0 Å². The molecule has 0 aliphatic heterocycles. The first-order chi connectivity index (χ1) is 12.5. The Morgan fingerprint density at radius 3 is 2.08 bits per heavy atom. The number of nitrogens with zero attached hydrogens (tertiary/aromatic N) is 3. The number of fused-ring (bicyclic) bond motifs is 1. The Labute approximate surface area is 160 Å². The van der Waals surface area contributed by atoms with Crippen molar-refractivity contribution >= 4 is 62.2 Å². The Morgan fingerprint density at radius 2 is 1.54 bits per heavy atom. The molecule has 3 aromatic rings. The van der Waals surface area contributed by atoms with Crippen LogP contribution >= 0.6 is 12.2 Å². The van der Waals surface area contributed by atoms with Crippen molar-refractivity contribution in [1.29, 1.82) is 0 Å². The van der Waals surface area contributed by atoms with Gasteiger partial charge in [0.2, 0.25) is 0 Å². The van der Waals surface area contributed by atoms with Gasteiger partial charge >= 0.3 is 0 Å². The largest absolute Gasteiger partial charge is 0.377 e. The molecule has 0 fully saturated rings. The summed E-state index contributed by atoms with van der Waals surface area (Å²) in [6.45, 7) is 0. The standard InChI is InChI=1S/C19H17N3O2S2/c1-21(2)18-7-3-6-17-16(18)5-4-8-19(17)22(26(23)24)15-11-9-14(10-12-15)20-13-25/h3-12H,1-2H3,(H,23,24). The molecule has 0 aliphatic rings. The van der Waals surface area contributed by atoms with Crippen LogP contribution in [0.4, 0.5) is 22.7 Å². The zero-order valence-electron chi connectivity index (χ0n) is 14.3. The summed E-state index contributed by atoms with van der Waals surface area (Å²) in [5.41, 5.74) is 2.91. The molecule has 0 aromatic heterocycles. The first kappa shape index (κ1) is 18.2. The van der Waals surface area contributed by atoms with Crippen molar-refractivity contribution in [2.75, 3.05) is 23.3 Å². The highest BCUT2D eigenvalue weighted by Crippen LogP contribution is 2.37. The van der Waals surface area contributed by atoms with Gasteiger partial charge in [0.15, 0.2) is 0 Å². The molecule has 0 saturated heterocycles. The number of aliphatic imine (C=N–C) groups is 1. The molecule has 0 radical (unpaired) electrons. The third-order valence-corrected chi connectivity index (χ3v) is 4.80. The Bertz CT molecular complexity index is 1010. The summed E-state index contributed by atoms with van der Waals surface area (Å²) >= 11 is 2.37. The third kappa shape index (κ3) is 3.52. The minimum atomic E-state index is -2.24. The SMILES string of the molecule is CN(C)c1cccc2c(N(c3ccc(N=C=S)cc3)S(=O)O)cccc12. The topological polar surface area (TPSA) is 56.1 Å². The van der Waals surface area contributed by atoms with Crippen LogP contribution in [0, 0.1) is 0 Å². The molecule has 0 saturated carbocycles.